The predicted octanol–water partition coefficient (Wildman–Crippen LogP) is 2.68. The molecule has 1 aliphatic heterocycles. The molecule has 0 spiro atoms. The largest absolute Gasteiger partial charge is 0.340 e. The molecule has 1 aliphatic rings. The van der Waals surface area contributed by atoms with Crippen LogP contribution in [0.15, 0.2) is 47.8 Å². The molecule has 0 radical (unpaired) electrons. The highest BCUT2D eigenvalue weighted by Crippen LogP contribution is 2.28. The summed E-state index contributed by atoms with van der Waals surface area (Å²) in [6, 6.07) is 13.2. The molecule has 2 aromatic rings. The Morgan fingerprint density at radius 2 is 1.96 bits per heavy atom. The third-order valence-electron chi connectivity index (χ3n) is 4.15. The fraction of sp³-hybridized carbons (Fsp3) is 0.353. The van der Waals surface area contributed by atoms with E-state index >= 15 is 0 Å². The number of rotatable bonds is 4. The Hall–Kier alpha value is -1.66. The molecule has 1 fully saturated rings. The lowest BCUT2D eigenvalue weighted by atomic mass is 10.1. The minimum Gasteiger partial charge on any atom is -0.340 e. The van der Waals surface area contributed by atoms with Gasteiger partial charge in [-0.25, -0.2) is 8.42 Å². The van der Waals surface area contributed by atoms with Gasteiger partial charge in [-0.2, -0.15) is 0 Å². The molecule has 122 valence electrons. The van der Waals surface area contributed by atoms with Crippen LogP contribution < -0.4 is 0 Å². The van der Waals surface area contributed by atoms with Crippen LogP contribution in [0.5, 0.6) is 0 Å². The van der Waals surface area contributed by atoms with Gasteiger partial charge >= 0.3 is 0 Å². The minimum absolute atomic E-state index is 0.0363. The maximum absolute atomic E-state index is 12.4. The summed E-state index contributed by atoms with van der Waals surface area (Å²) in [7, 11) is -3.19. The number of amides is 1. The van der Waals surface area contributed by atoms with E-state index in [0.717, 1.165) is 12.0 Å². The number of hydrogen-bond donors (Lipinski definition) is 0. The Bertz CT molecular complexity index is 754. The monoisotopic (exact) mass is 349 g/mol. The zero-order valence-electron chi connectivity index (χ0n) is 12.7. The van der Waals surface area contributed by atoms with Crippen molar-refractivity contribution in [2.45, 2.75) is 18.1 Å². The summed E-state index contributed by atoms with van der Waals surface area (Å²) in [5, 5.41) is 1.39. The fourth-order valence-corrected chi connectivity index (χ4v) is 5.28. The quantitative estimate of drug-likeness (QED) is 0.853. The molecule has 1 atom stereocenters. The third-order valence-corrected chi connectivity index (χ3v) is 7.13. The van der Waals surface area contributed by atoms with Gasteiger partial charge in [-0.1, -0.05) is 36.4 Å². The molecule has 1 saturated heterocycles. The highest BCUT2D eigenvalue weighted by Gasteiger charge is 2.35. The molecular weight excluding hydrogens is 330 g/mol. The van der Waals surface area contributed by atoms with Crippen molar-refractivity contribution in [3.63, 3.8) is 0 Å². The molecule has 1 aromatic carbocycles. The Balaban J connectivity index is 1.69. The first-order chi connectivity index (χ1) is 11.1. The lowest BCUT2D eigenvalue weighted by Gasteiger charge is -2.33. The second-order valence-corrected chi connectivity index (χ2v) is 9.02. The molecule has 1 unspecified atom stereocenters. The van der Waals surface area contributed by atoms with Crippen molar-refractivity contribution in [3.8, 4) is 0 Å². The summed E-state index contributed by atoms with van der Waals surface area (Å²) in [5.74, 6) is 0.0753. The molecule has 3 rings (SSSR count). The van der Waals surface area contributed by atoms with E-state index in [4.69, 9.17) is 0 Å². The van der Waals surface area contributed by atoms with Crippen molar-refractivity contribution >= 4 is 27.1 Å². The lowest BCUT2D eigenvalue weighted by Crippen LogP contribution is -2.45. The van der Waals surface area contributed by atoms with Gasteiger partial charge in [-0.3, -0.25) is 4.79 Å². The molecule has 2 heterocycles. The van der Waals surface area contributed by atoms with Gasteiger partial charge in [0.1, 0.15) is 5.25 Å². The Kier molecular flexibility index (Phi) is 4.82. The molecule has 0 N–H and O–H groups in total. The summed E-state index contributed by atoms with van der Waals surface area (Å²) in [4.78, 5) is 15.3. The van der Waals surface area contributed by atoms with Crippen molar-refractivity contribution in [2.24, 2.45) is 0 Å². The summed E-state index contributed by atoms with van der Waals surface area (Å²) in [5.41, 5.74) is 0.767. The van der Waals surface area contributed by atoms with Crippen molar-refractivity contribution in [1.29, 1.82) is 0 Å². The molecule has 4 nitrogen and oxygen atoms in total. The molecule has 0 bridgehead atoms. The van der Waals surface area contributed by atoms with Crippen molar-refractivity contribution in [3.05, 3.63) is 58.3 Å². The molecule has 0 aliphatic carbocycles. The van der Waals surface area contributed by atoms with Crippen LogP contribution in [0.3, 0.4) is 0 Å². The standard InChI is InChI=1S/C17H19NO3S2/c19-17(9-8-15-7-4-11-22-15)18-10-12-23(20,21)16(13-18)14-5-2-1-3-6-14/h1-7,11,16H,8-10,12-13H2. The number of aryl methyl sites for hydroxylation is 1. The smallest absolute Gasteiger partial charge is 0.223 e. The molecule has 6 heteroatoms. The van der Waals surface area contributed by atoms with E-state index < -0.39 is 15.1 Å². The molecule has 23 heavy (non-hydrogen) atoms. The van der Waals surface area contributed by atoms with Crippen LogP contribution in [0.2, 0.25) is 0 Å². The van der Waals surface area contributed by atoms with E-state index in [1.54, 1.807) is 16.2 Å². The van der Waals surface area contributed by atoms with Gasteiger partial charge < -0.3 is 4.90 Å². The molecule has 1 aromatic heterocycles. The average Bonchev–Trinajstić information content (AvgIpc) is 3.06. The number of sulfone groups is 1. The van der Waals surface area contributed by atoms with E-state index in [0.29, 0.717) is 13.0 Å². The number of carbonyl (C=O) groups excluding carboxylic acids is 1. The van der Waals surface area contributed by atoms with E-state index in [1.165, 1.54) is 4.88 Å². The first-order valence-corrected chi connectivity index (χ1v) is 10.2. The highest BCUT2D eigenvalue weighted by molar-refractivity contribution is 7.91. The SMILES string of the molecule is O=C(CCc1cccs1)N1CCS(=O)(=O)C(c2ccccc2)C1. The van der Waals surface area contributed by atoms with E-state index in [2.05, 4.69) is 0 Å². The average molecular weight is 349 g/mol. The third kappa shape index (κ3) is 3.82. The number of carbonyl (C=O) groups is 1. The van der Waals surface area contributed by atoms with Crippen LogP contribution in [0.1, 0.15) is 22.1 Å². The maximum Gasteiger partial charge on any atom is 0.223 e. The molecule has 1 amide bonds. The first-order valence-electron chi connectivity index (χ1n) is 7.63. The van der Waals surface area contributed by atoms with Crippen LogP contribution in [-0.2, 0) is 21.1 Å². The van der Waals surface area contributed by atoms with Crippen molar-refractivity contribution in [1.82, 2.24) is 4.90 Å². The summed E-state index contributed by atoms with van der Waals surface area (Å²) in [6.45, 7) is 0.560. The summed E-state index contributed by atoms with van der Waals surface area (Å²) in [6.07, 6.45) is 1.15. The second-order valence-electron chi connectivity index (χ2n) is 5.69. The number of nitrogens with zero attached hydrogens (tertiary/aromatic N) is 1. The number of thiophene rings is 1. The molecular formula is C17H19NO3S2. The molecule has 0 saturated carbocycles. The van der Waals surface area contributed by atoms with Gasteiger partial charge in [0.2, 0.25) is 5.91 Å². The minimum atomic E-state index is -3.19. The number of benzene rings is 1. The topological polar surface area (TPSA) is 54.5 Å². The summed E-state index contributed by atoms with van der Waals surface area (Å²) < 4.78 is 24.7. The van der Waals surface area contributed by atoms with E-state index in [1.807, 2.05) is 47.8 Å². The van der Waals surface area contributed by atoms with Gasteiger partial charge in [0, 0.05) is 24.4 Å². The fourth-order valence-electron chi connectivity index (χ4n) is 2.83. The Morgan fingerprint density at radius 3 is 2.65 bits per heavy atom. The van der Waals surface area contributed by atoms with Crippen LogP contribution in [0.4, 0.5) is 0 Å². The number of hydrogen-bond acceptors (Lipinski definition) is 4. The first kappa shape index (κ1) is 16.2. The van der Waals surface area contributed by atoms with Gasteiger partial charge in [-0.15, -0.1) is 11.3 Å². The van der Waals surface area contributed by atoms with Crippen LogP contribution in [0, 0.1) is 0 Å². The predicted molar refractivity (Wildman–Crippen MR) is 92.2 cm³/mol. The normalized spacial score (nSPS) is 20.3. The van der Waals surface area contributed by atoms with Crippen LogP contribution >= 0.6 is 11.3 Å². The summed E-state index contributed by atoms with van der Waals surface area (Å²) >= 11 is 1.64. The second kappa shape index (κ2) is 6.84. The lowest BCUT2D eigenvalue weighted by molar-refractivity contribution is -0.131. The van der Waals surface area contributed by atoms with Crippen LogP contribution in [0.25, 0.3) is 0 Å². The van der Waals surface area contributed by atoms with E-state index in [-0.39, 0.29) is 18.2 Å². The zero-order valence-corrected chi connectivity index (χ0v) is 14.4. The highest BCUT2D eigenvalue weighted by atomic mass is 32.2. The van der Waals surface area contributed by atoms with Gasteiger partial charge in [0.25, 0.3) is 0 Å². The Morgan fingerprint density at radius 1 is 1.17 bits per heavy atom. The van der Waals surface area contributed by atoms with Gasteiger partial charge in [0.15, 0.2) is 9.84 Å². The van der Waals surface area contributed by atoms with E-state index in [9.17, 15) is 13.2 Å². The Labute approximate surface area is 140 Å². The zero-order chi connectivity index (χ0) is 16.3. The van der Waals surface area contributed by atoms with Gasteiger partial charge in [-0.05, 0) is 23.4 Å². The van der Waals surface area contributed by atoms with Crippen molar-refractivity contribution < 1.29 is 13.2 Å². The maximum atomic E-state index is 12.4. The van der Waals surface area contributed by atoms with Gasteiger partial charge in [0.05, 0.1) is 5.75 Å². The van der Waals surface area contributed by atoms with Crippen molar-refractivity contribution in [2.75, 3.05) is 18.8 Å². The van der Waals surface area contributed by atoms with Crippen LogP contribution in [-0.4, -0.2) is 38.1 Å².